The molecule has 2 amide bonds. The predicted molar refractivity (Wildman–Crippen MR) is 93.1 cm³/mol. The molecule has 0 fully saturated rings. The van der Waals surface area contributed by atoms with E-state index in [0.29, 0.717) is 24.3 Å². The largest absolute Gasteiger partial charge is 0.416 e. The van der Waals surface area contributed by atoms with Crippen LogP contribution in [0.15, 0.2) is 53.2 Å². The van der Waals surface area contributed by atoms with Crippen molar-refractivity contribution in [3.63, 3.8) is 0 Å². The lowest BCUT2D eigenvalue weighted by Crippen LogP contribution is -2.17. The number of hydrogen-bond donors (Lipinski definition) is 2. The molecular formula is C18H10F6N4O3. The van der Waals surface area contributed by atoms with Crippen LogP contribution in [0.1, 0.15) is 31.8 Å². The van der Waals surface area contributed by atoms with Gasteiger partial charge in [0.1, 0.15) is 0 Å². The molecule has 3 aromatic rings. The normalized spacial score (nSPS) is 11.8. The summed E-state index contributed by atoms with van der Waals surface area (Å²) in [6, 6.07) is 6.59. The molecule has 13 heteroatoms. The molecule has 162 valence electrons. The zero-order valence-electron chi connectivity index (χ0n) is 15.0. The summed E-state index contributed by atoms with van der Waals surface area (Å²) in [6.45, 7) is 0. The lowest BCUT2D eigenvalue weighted by Gasteiger charge is -2.08. The van der Waals surface area contributed by atoms with Crippen LogP contribution in [-0.4, -0.2) is 22.1 Å². The Morgan fingerprint density at radius 2 is 0.968 bits per heavy atom. The number of halogens is 6. The highest BCUT2D eigenvalue weighted by Crippen LogP contribution is 2.30. The van der Waals surface area contributed by atoms with E-state index in [9.17, 15) is 35.9 Å². The van der Waals surface area contributed by atoms with E-state index in [2.05, 4.69) is 25.6 Å². The van der Waals surface area contributed by atoms with Gasteiger partial charge in [-0.3, -0.25) is 9.59 Å². The Balaban J connectivity index is 1.69. The van der Waals surface area contributed by atoms with E-state index in [4.69, 9.17) is 0 Å². The van der Waals surface area contributed by atoms with Crippen molar-refractivity contribution in [3.05, 3.63) is 70.8 Å². The maximum atomic E-state index is 12.6. The highest BCUT2D eigenvalue weighted by Gasteiger charge is 2.31. The Kier molecular flexibility index (Phi) is 5.69. The average molecular weight is 444 g/mol. The standard InChI is InChI=1S/C18H10F6N4O3/c19-17(20,21)11-5-1-9(2-6-11)15(29)25-13-14(28-31-27-13)26-16(30)10-3-7-12(8-4-10)18(22,23)24/h1-8H,(H,25,27,29)(H,26,28,30). The first kappa shape index (κ1) is 21.8. The number of carbonyl (C=O) groups excluding carboxylic acids is 2. The smallest absolute Gasteiger partial charge is 0.300 e. The molecule has 1 heterocycles. The summed E-state index contributed by atoms with van der Waals surface area (Å²) in [7, 11) is 0. The molecular weight excluding hydrogens is 434 g/mol. The summed E-state index contributed by atoms with van der Waals surface area (Å²) in [5.41, 5.74) is -2.18. The Labute approximate surface area is 169 Å². The number of hydrogen-bond acceptors (Lipinski definition) is 5. The van der Waals surface area contributed by atoms with Gasteiger partial charge in [0.2, 0.25) is 11.6 Å². The van der Waals surface area contributed by atoms with Gasteiger partial charge in [0.15, 0.2) is 0 Å². The summed E-state index contributed by atoms with van der Waals surface area (Å²) in [4.78, 5) is 24.4. The third kappa shape index (κ3) is 5.18. The Morgan fingerprint density at radius 3 is 1.26 bits per heavy atom. The predicted octanol–water partition coefficient (Wildman–Crippen LogP) is 4.61. The van der Waals surface area contributed by atoms with Crippen molar-refractivity contribution in [1.29, 1.82) is 0 Å². The fraction of sp³-hybridized carbons (Fsp3) is 0.111. The van der Waals surface area contributed by atoms with Gasteiger partial charge in [-0.1, -0.05) is 0 Å². The van der Waals surface area contributed by atoms with Crippen LogP contribution in [0.25, 0.3) is 0 Å². The first-order valence-electron chi connectivity index (χ1n) is 8.25. The van der Waals surface area contributed by atoms with Gasteiger partial charge in [0.05, 0.1) is 11.1 Å². The summed E-state index contributed by atoms with van der Waals surface area (Å²) in [5.74, 6) is -2.45. The first-order chi connectivity index (χ1) is 14.4. The molecule has 31 heavy (non-hydrogen) atoms. The van der Waals surface area contributed by atoms with Crippen molar-refractivity contribution in [2.75, 3.05) is 10.6 Å². The second-order valence-corrected chi connectivity index (χ2v) is 6.02. The van der Waals surface area contributed by atoms with E-state index in [1.54, 1.807) is 0 Å². The topological polar surface area (TPSA) is 97.1 Å². The molecule has 0 unspecified atom stereocenters. The fourth-order valence-corrected chi connectivity index (χ4v) is 2.33. The van der Waals surface area contributed by atoms with Crippen LogP contribution >= 0.6 is 0 Å². The van der Waals surface area contributed by atoms with Gasteiger partial charge in [-0.05, 0) is 58.8 Å². The molecule has 0 atom stereocenters. The van der Waals surface area contributed by atoms with Crippen molar-refractivity contribution in [2.45, 2.75) is 12.4 Å². The highest BCUT2D eigenvalue weighted by molar-refractivity contribution is 6.08. The molecule has 0 aliphatic heterocycles. The maximum Gasteiger partial charge on any atom is 0.416 e. The van der Waals surface area contributed by atoms with E-state index < -0.39 is 35.3 Å². The van der Waals surface area contributed by atoms with E-state index in [1.165, 1.54) is 0 Å². The summed E-state index contributed by atoms with van der Waals surface area (Å²) in [6.07, 6.45) is -9.14. The SMILES string of the molecule is O=C(Nc1nonc1NC(=O)c1ccc(C(F)(F)F)cc1)c1ccc(C(F)(F)F)cc1. The van der Waals surface area contributed by atoms with Gasteiger partial charge in [-0.2, -0.15) is 26.3 Å². The van der Waals surface area contributed by atoms with Crippen LogP contribution in [0.3, 0.4) is 0 Å². The lowest BCUT2D eigenvalue weighted by atomic mass is 10.1. The summed E-state index contributed by atoms with van der Waals surface area (Å²) >= 11 is 0. The number of anilines is 2. The van der Waals surface area contributed by atoms with E-state index >= 15 is 0 Å². The molecule has 0 saturated carbocycles. The minimum Gasteiger partial charge on any atom is -0.300 e. The minimum atomic E-state index is -4.57. The monoisotopic (exact) mass is 444 g/mol. The Morgan fingerprint density at radius 1 is 0.645 bits per heavy atom. The fourth-order valence-electron chi connectivity index (χ4n) is 2.33. The molecule has 0 aliphatic rings. The third-order valence-corrected chi connectivity index (χ3v) is 3.90. The molecule has 0 radical (unpaired) electrons. The second-order valence-electron chi connectivity index (χ2n) is 6.02. The molecule has 1 aromatic heterocycles. The molecule has 0 saturated heterocycles. The number of alkyl halides is 6. The van der Waals surface area contributed by atoms with Gasteiger partial charge < -0.3 is 10.6 Å². The van der Waals surface area contributed by atoms with Crippen molar-refractivity contribution in [1.82, 2.24) is 10.3 Å². The van der Waals surface area contributed by atoms with Crippen LogP contribution in [-0.2, 0) is 12.4 Å². The second kappa shape index (κ2) is 8.08. The molecule has 0 aliphatic carbocycles. The molecule has 7 nitrogen and oxygen atoms in total. The minimum absolute atomic E-state index is 0.143. The van der Waals surface area contributed by atoms with E-state index in [-0.39, 0.29) is 22.8 Å². The van der Waals surface area contributed by atoms with E-state index in [1.807, 2.05) is 0 Å². The van der Waals surface area contributed by atoms with Gasteiger partial charge in [0, 0.05) is 11.1 Å². The van der Waals surface area contributed by atoms with Crippen molar-refractivity contribution >= 4 is 23.5 Å². The number of nitrogens with zero attached hydrogens (tertiary/aromatic N) is 2. The number of benzene rings is 2. The molecule has 0 spiro atoms. The highest BCUT2D eigenvalue weighted by atomic mass is 19.4. The van der Waals surface area contributed by atoms with Crippen molar-refractivity contribution in [2.24, 2.45) is 0 Å². The number of carbonyl (C=O) groups is 2. The zero-order valence-corrected chi connectivity index (χ0v) is 15.0. The van der Waals surface area contributed by atoms with Gasteiger partial charge in [-0.15, -0.1) is 0 Å². The number of aromatic nitrogens is 2. The van der Waals surface area contributed by atoms with Crippen LogP contribution in [0.5, 0.6) is 0 Å². The van der Waals surface area contributed by atoms with Gasteiger partial charge >= 0.3 is 12.4 Å². The average Bonchev–Trinajstić information content (AvgIpc) is 3.13. The maximum absolute atomic E-state index is 12.6. The van der Waals surface area contributed by atoms with Crippen molar-refractivity contribution < 1.29 is 40.6 Å². The zero-order chi connectivity index (χ0) is 22.8. The molecule has 2 N–H and O–H groups in total. The Bertz CT molecular complexity index is 1000. The third-order valence-electron chi connectivity index (χ3n) is 3.90. The molecule has 0 bridgehead atoms. The first-order valence-corrected chi connectivity index (χ1v) is 8.25. The molecule has 3 rings (SSSR count). The molecule has 2 aromatic carbocycles. The van der Waals surface area contributed by atoms with Crippen LogP contribution in [0.4, 0.5) is 38.0 Å². The van der Waals surface area contributed by atoms with Crippen LogP contribution in [0, 0.1) is 0 Å². The van der Waals surface area contributed by atoms with Crippen LogP contribution in [0.2, 0.25) is 0 Å². The van der Waals surface area contributed by atoms with Gasteiger partial charge in [-0.25, -0.2) is 4.63 Å². The number of nitrogens with one attached hydrogen (secondary N) is 2. The Hall–Kier alpha value is -3.90. The quantitative estimate of drug-likeness (QED) is 0.573. The summed E-state index contributed by atoms with van der Waals surface area (Å²) < 4.78 is 80.0. The summed E-state index contributed by atoms with van der Waals surface area (Å²) in [5, 5.41) is 11.1. The van der Waals surface area contributed by atoms with Gasteiger partial charge in [0.25, 0.3) is 11.8 Å². The van der Waals surface area contributed by atoms with Crippen molar-refractivity contribution in [3.8, 4) is 0 Å². The number of amides is 2. The van der Waals surface area contributed by atoms with Crippen LogP contribution < -0.4 is 10.6 Å². The number of rotatable bonds is 4. The van der Waals surface area contributed by atoms with E-state index in [0.717, 1.165) is 24.3 Å². The lowest BCUT2D eigenvalue weighted by molar-refractivity contribution is -0.138.